The summed E-state index contributed by atoms with van der Waals surface area (Å²) in [6.07, 6.45) is 3.52. The van der Waals surface area contributed by atoms with Crippen molar-refractivity contribution in [3.63, 3.8) is 0 Å². The highest BCUT2D eigenvalue weighted by atomic mass is 32.2. The van der Waals surface area contributed by atoms with Crippen molar-refractivity contribution in [1.29, 1.82) is 0 Å². The number of rotatable bonds is 3. The van der Waals surface area contributed by atoms with Crippen molar-refractivity contribution in [2.75, 3.05) is 13.1 Å². The van der Waals surface area contributed by atoms with Crippen LogP contribution in [-0.4, -0.2) is 35.0 Å². The Balaban J connectivity index is 2.23. The maximum absolute atomic E-state index is 11.4. The fourth-order valence-corrected chi connectivity index (χ4v) is 3.38. The van der Waals surface area contributed by atoms with Gasteiger partial charge in [0.05, 0.1) is 6.54 Å². The molecule has 0 saturated carbocycles. The smallest absolute Gasteiger partial charge is 0.316 e. The summed E-state index contributed by atoms with van der Waals surface area (Å²) in [6.45, 7) is 4.61. The number of carbonyl (C=O) groups excluding carboxylic acids is 2. The summed E-state index contributed by atoms with van der Waals surface area (Å²) in [5, 5.41) is 9.95. The van der Waals surface area contributed by atoms with E-state index in [2.05, 4.69) is 17.2 Å². The topological polar surface area (TPSA) is 87.5 Å². The van der Waals surface area contributed by atoms with E-state index < -0.39 is 6.03 Å². The summed E-state index contributed by atoms with van der Waals surface area (Å²) in [5.41, 5.74) is 5.70. The lowest BCUT2D eigenvalue weighted by molar-refractivity contribution is -0.118. The molecule has 0 aromatic heterocycles. The molecular formula is C11H14N4O2S. The Hall–Kier alpha value is -1.86. The van der Waals surface area contributed by atoms with Crippen molar-refractivity contribution >= 4 is 27.5 Å². The molecule has 18 heavy (non-hydrogen) atoms. The number of carbonyl (C=O) groups is 2. The minimum atomic E-state index is -0.597. The van der Waals surface area contributed by atoms with Crippen LogP contribution < -0.4 is 16.4 Å². The predicted octanol–water partition coefficient (Wildman–Crippen LogP) is -0.00250. The quantitative estimate of drug-likeness (QED) is 0.496. The number of hydrogen-bond donors (Lipinski definition) is 3. The van der Waals surface area contributed by atoms with E-state index in [1.54, 1.807) is 12.2 Å². The van der Waals surface area contributed by atoms with Crippen molar-refractivity contribution in [2.45, 2.75) is 0 Å². The third-order valence-electron chi connectivity index (χ3n) is 2.36. The van der Waals surface area contributed by atoms with Crippen LogP contribution in [0.25, 0.3) is 0 Å². The Morgan fingerprint density at radius 2 is 2.50 bits per heavy atom. The molecule has 0 bridgehead atoms. The maximum Gasteiger partial charge on any atom is 0.316 e. The van der Waals surface area contributed by atoms with Crippen molar-refractivity contribution in [1.82, 2.24) is 15.5 Å². The monoisotopic (exact) mass is 266 g/mol. The van der Waals surface area contributed by atoms with Crippen LogP contribution in [0.3, 0.4) is 0 Å². The highest BCUT2D eigenvalue weighted by Gasteiger charge is 2.25. The fourth-order valence-electron chi connectivity index (χ4n) is 1.69. The fraction of sp³-hybridized carbons (Fsp3) is 0.182. The summed E-state index contributed by atoms with van der Waals surface area (Å²) < 4.78 is 0. The summed E-state index contributed by atoms with van der Waals surface area (Å²) in [5.74, 6) is -0.0301. The Morgan fingerprint density at radius 1 is 1.72 bits per heavy atom. The van der Waals surface area contributed by atoms with Gasteiger partial charge in [0.2, 0.25) is 5.91 Å². The lowest BCUT2D eigenvalue weighted by Gasteiger charge is -2.14. The molecule has 0 radical (unpaired) electrons. The number of nitrogens with two attached hydrogens (primary N) is 1. The summed E-state index contributed by atoms with van der Waals surface area (Å²) in [7, 11) is -0.351. The third-order valence-corrected chi connectivity index (χ3v) is 4.10. The minimum Gasteiger partial charge on any atom is -0.351 e. The van der Waals surface area contributed by atoms with Gasteiger partial charge < -0.3 is 16.4 Å². The number of amides is 3. The Kier molecular flexibility index (Phi) is 3.63. The molecule has 7 heteroatoms. The van der Waals surface area contributed by atoms with Crippen LogP contribution >= 0.6 is 10.5 Å². The zero-order chi connectivity index (χ0) is 13.1. The first-order chi connectivity index (χ1) is 8.60. The van der Waals surface area contributed by atoms with Gasteiger partial charge in [-0.05, 0) is 16.9 Å². The minimum absolute atomic E-state index is 0.0301. The number of nitrogens with zero attached hydrogens (tertiary/aromatic N) is 1. The molecule has 4 N–H and O–H groups in total. The van der Waals surface area contributed by atoms with Crippen LogP contribution in [0.15, 0.2) is 35.2 Å². The predicted molar refractivity (Wildman–Crippen MR) is 72.5 cm³/mol. The van der Waals surface area contributed by atoms with Crippen molar-refractivity contribution < 1.29 is 9.59 Å². The Morgan fingerprint density at radius 3 is 3.17 bits per heavy atom. The SMILES string of the molecule is C=CCN1CC(=O)NC1=S1C=CC(NC(N)=O)=C1. The normalized spacial score (nSPS) is 24.9. The van der Waals surface area contributed by atoms with Gasteiger partial charge in [-0.15, -0.1) is 17.1 Å². The zero-order valence-corrected chi connectivity index (χ0v) is 10.5. The molecule has 3 amide bonds. The van der Waals surface area contributed by atoms with E-state index in [0.29, 0.717) is 18.8 Å². The second-order valence-electron chi connectivity index (χ2n) is 3.76. The molecule has 0 spiro atoms. The number of hydrogen-bond acceptors (Lipinski definition) is 2. The van der Waals surface area contributed by atoms with E-state index in [1.807, 2.05) is 15.7 Å². The van der Waals surface area contributed by atoms with E-state index in [-0.39, 0.29) is 16.4 Å². The molecule has 0 aromatic carbocycles. The van der Waals surface area contributed by atoms with Crippen LogP contribution in [0.4, 0.5) is 4.79 Å². The van der Waals surface area contributed by atoms with E-state index in [9.17, 15) is 9.59 Å². The van der Waals surface area contributed by atoms with E-state index >= 15 is 0 Å². The van der Waals surface area contributed by atoms with Gasteiger partial charge in [-0.3, -0.25) is 4.79 Å². The first-order valence-corrected chi connectivity index (χ1v) is 6.66. The van der Waals surface area contributed by atoms with Gasteiger partial charge in [-0.25, -0.2) is 9.69 Å². The maximum atomic E-state index is 11.4. The van der Waals surface area contributed by atoms with Crippen molar-refractivity contribution in [2.24, 2.45) is 5.73 Å². The number of primary amides is 1. The molecule has 2 rings (SSSR count). The summed E-state index contributed by atoms with van der Waals surface area (Å²) in [6, 6.07) is -0.597. The molecule has 96 valence electrons. The lowest BCUT2D eigenvalue weighted by atomic mass is 10.5. The standard InChI is InChI=1S/C11H14N4O2S/c1-2-4-15-6-9(16)14-11(15)18-5-3-8(7-18)13-10(12)17/h2-3,5,7H,1,4,6H2,(H,14,16)(H3,12,13,17). The lowest BCUT2D eigenvalue weighted by Crippen LogP contribution is -2.30. The van der Waals surface area contributed by atoms with Gasteiger partial charge in [0.1, 0.15) is 5.11 Å². The molecule has 0 aromatic rings. The van der Waals surface area contributed by atoms with Crippen LogP contribution in [0.5, 0.6) is 0 Å². The largest absolute Gasteiger partial charge is 0.351 e. The molecule has 1 atom stereocenters. The molecule has 2 aliphatic heterocycles. The second-order valence-corrected chi connectivity index (χ2v) is 5.40. The summed E-state index contributed by atoms with van der Waals surface area (Å²) >= 11 is 0. The average molecular weight is 266 g/mol. The molecule has 2 aliphatic rings. The van der Waals surface area contributed by atoms with Gasteiger partial charge in [0.25, 0.3) is 0 Å². The molecule has 1 unspecified atom stereocenters. The van der Waals surface area contributed by atoms with Gasteiger partial charge in [0, 0.05) is 12.2 Å². The highest BCUT2D eigenvalue weighted by molar-refractivity contribution is 8.21. The van der Waals surface area contributed by atoms with E-state index in [0.717, 1.165) is 5.11 Å². The van der Waals surface area contributed by atoms with Gasteiger partial charge in [0.15, 0.2) is 0 Å². The second kappa shape index (κ2) is 5.19. The van der Waals surface area contributed by atoms with Gasteiger partial charge in [-0.1, -0.05) is 6.08 Å². The van der Waals surface area contributed by atoms with Crippen LogP contribution in [0.1, 0.15) is 0 Å². The molecule has 2 heterocycles. The van der Waals surface area contributed by atoms with Crippen molar-refractivity contribution in [3.05, 3.63) is 35.2 Å². The highest BCUT2D eigenvalue weighted by Crippen LogP contribution is 2.28. The third kappa shape index (κ3) is 2.69. The first-order valence-electron chi connectivity index (χ1n) is 5.31. The summed E-state index contributed by atoms with van der Waals surface area (Å²) in [4.78, 5) is 24.1. The number of nitrogens with one attached hydrogen (secondary N) is 2. The van der Waals surface area contributed by atoms with Crippen LogP contribution in [0, 0.1) is 0 Å². The molecule has 1 fully saturated rings. The number of urea groups is 1. The number of allylic oxidation sites excluding steroid dienone is 1. The van der Waals surface area contributed by atoms with E-state index in [4.69, 9.17) is 5.73 Å². The average Bonchev–Trinajstić information content (AvgIpc) is 2.85. The molecule has 1 saturated heterocycles. The molecular weight excluding hydrogens is 252 g/mol. The molecule has 0 aliphatic carbocycles. The van der Waals surface area contributed by atoms with E-state index in [1.165, 1.54) is 0 Å². The van der Waals surface area contributed by atoms with Crippen LogP contribution in [-0.2, 0) is 4.79 Å². The first kappa shape index (κ1) is 12.6. The van der Waals surface area contributed by atoms with Crippen LogP contribution in [0.2, 0.25) is 0 Å². The Labute approximate surface area is 107 Å². The zero-order valence-electron chi connectivity index (χ0n) is 9.68. The van der Waals surface area contributed by atoms with Gasteiger partial charge >= 0.3 is 6.03 Å². The van der Waals surface area contributed by atoms with Gasteiger partial charge in [-0.2, -0.15) is 0 Å². The Bertz CT molecular complexity index is 507. The molecule has 6 nitrogen and oxygen atoms in total. The van der Waals surface area contributed by atoms with Crippen molar-refractivity contribution in [3.8, 4) is 0 Å².